The van der Waals surface area contributed by atoms with Crippen molar-refractivity contribution in [2.45, 2.75) is 88.5 Å². The van der Waals surface area contributed by atoms with Crippen molar-refractivity contribution in [3.63, 3.8) is 0 Å². The van der Waals surface area contributed by atoms with Crippen molar-refractivity contribution in [3.05, 3.63) is 0 Å². The first-order valence-electron chi connectivity index (χ1n) is 14.4. The van der Waals surface area contributed by atoms with Crippen LogP contribution in [0.4, 0.5) is 0 Å². The van der Waals surface area contributed by atoms with Crippen LogP contribution >= 0.6 is 0 Å². The highest BCUT2D eigenvalue weighted by atomic mass is 16.4. The van der Waals surface area contributed by atoms with Crippen LogP contribution in [0.1, 0.15) is 58.3 Å². The number of aliphatic imine (C=N–C) groups is 1. The van der Waals surface area contributed by atoms with Crippen molar-refractivity contribution in [2.24, 2.45) is 22.4 Å². The molecule has 0 aromatic rings. The molecule has 3 aliphatic rings. The molecule has 6 amide bonds. The summed E-state index contributed by atoms with van der Waals surface area (Å²) < 4.78 is 0. The number of carboxylic acids is 1. The molecule has 0 aromatic carbocycles. The van der Waals surface area contributed by atoms with E-state index < -0.39 is 78.6 Å². The highest BCUT2D eigenvalue weighted by Crippen LogP contribution is 2.35. The van der Waals surface area contributed by atoms with Crippen LogP contribution in [0.2, 0.25) is 0 Å². The van der Waals surface area contributed by atoms with Crippen LogP contribution in [0.3, 0.4) is 0 Å². The lowest BCUT2D eigenvalue weighted by Gasteiger charge is -2.42. The number of nitrogens with two attached hydrogens (primary N) is 2. The van der Waals surface area contributed by atoms with Gasteiger partial charge in [0.05, 0.1) is 13.0 Å². The Morgan fingerprint density at radius 1 is 1.02 bits per heavy atom. The summed E-state index contributed by atoms with van der Waals surface area (Å²) in [7, 11) is 0. The molecule has 2 bridgehead atoms. The molecule has 17 heteroatoms. The van der Waals surface area contributed by atoms with Crippen molar-refractivity contribution in [3.8, 4) is 0 Å². The van der Waals surface area contributed by atoms with Gasteiger partial charge in [0.1, 0.15) is 24.2 Å². The molecule has 3 aliphatic heterocycles. The van der Waals surface area contributed by atoms with E-state index in [1.165, 1.54) is 4.90 Å². The Balaban J connectivity index is 1.93. The van der Waals surface area contributed by atoms with Gasteiger partial charge in [0, 0.05) is 31.5 Å². The molecule has 3 rings (SSSR count). The third kappa shape index (κ3) is 9.02. The Kier molecular flexibility index (Phi) is 11.7. The Hall–Kier alpha value is -4.44. The number of rotatable bonds is 10. The Labute approximate surface area is 248 Å². The van der Waals surface area contributed by atoms with Gasteiger partial charge in [0.2, 0.25) is 35.4 Å². The smallest absolute Gasteiger partial charge is 0.305 e. The molecule has 0 spiro atoms. The van der Waals surface area contributed by atoms with E-state index in [1.54, 1.807) is 0 Å². The normalized spacial score (nSPS) is 27.9. The van der Waals surface area contributed by atoms with Gasteiger partial charge in [-0.25, -0.2) is 0 Å². The summed E-state index contributed by atoms with van der Waals surface area (Å²) in [5.74, 6) is -5.89. The number of carbonyl (C=O) groups excluding carboxylic acids is 6. The van der Waals surface area contributed by atoms with Crippen LogP contribution in [0.15, 0.2) is 4.99 Å². The van der Waals surface area contributed by atoms with Gasteiger partial charge in [0.25, 0.3) is 0 Å². The number of fused-ring (bicyclic) bond motifs is 1. The van der Waals surface area contributed by atoms with Gasteiger partial charge >= 0.3 is 5.97 Å². The van der Waals surface area contributed by atoms with Crippen molar-refractivity contribution in [1.82, 2.24) is 31.5 Å². The number of nitrogens with zero attached hydrogens (tertiary/aromatic N) is 2. The molecule has 0 aliphatic carbocycles. The van der Waals surface area contributed by atoms with Gasteiger partial charge < -0.3 is 48.1 Å². The summed E-state index contributed by atoms with van der Waals surface area (Å²) >= 11 is 0. The zero-order valence-electron chi connectivity index (χ0n) is 24.1. The minimum atomic E-state index is -1.56. The number of carboxylic acid groups (broad SMARTS) is 1. The zero-order valence-corrected chi connectivity index (χ0v) is 24.1. The first-order valence-corrected chi connectivity index (χ1v) is 14.4. The van der Waals surface area contributed by atoms with E-state index in [0.29, 0.717) is 32.1 Å². The lowest BCUT2D eigenvalue weighted by molar-refractivity contribution is -0.149. The van der Waals surface area contributed by atoms with Crippen molar-refractivity contribution in [1.29, 1.82) is 0 Å². The molecule has 2 unspecified atom stereocenters. The Morgan fingerprint density at radius 2 is 1.77 bits per heavy atom. The standard InChI is InChI=1S/C26H41N9O8/c1-2-4-18(36)30-11-13-9-14-6-7-17-24(42)33-15(5-3-8-29-26(27)28)22(40)31-12-19(37)32-16(10-20(38)39)23(41)34-21(13)25(43)35(14)17/h13-17,21H,2-12H2,1H3,(H,30,36)(H,31,40)(H,32,37)(H,33,42)(H,34,41)(H,38,39)(H4,27,28,29)/t13?,14-,15?,16-,17-,21+/m0/s1. The van der Waals surface area contributed by atoms with Crippen molar-refractivity contribution in [2.75, 3.05) is 19.6 Å². The first-order chi connectivity index (χ1) is 20.4. The van der Waals surface area contributed by atoms with Crippen molar-refractivity contribution < 1.29 is 38.7 Å². The van der Waals surface area contributed by atoms with Gasteiger partial charge in [-0.05, 0) is 38.5 Å². The SMILES string of the molecule is CCCC(=O)NCC1C[C@@H]2CC[C@H]3C(=O)NC(CCCN=C(N)N)C(=O)NCC(=O)N[C@@H](CC(=O)O)C(=O)N[C@H]1C(=O)N23. The van der Waals surface area contributed by atoms with Gasteiger partial charge in [-0.1, -0.05) is 6.92 Å². The van der Waals surface area contributed by atoms with Gasteiger partial charge in [0.15, 0.2) is 5.96 Å². The van der Waals surface area contributed by atoms with E-state index in [2.05, 4.69) is 31.6 Å². The third-order valence-electron chi connectivity index (χ3n) is 7.74. The quantitative estimate of drug-likeness (QED) is 0.0686. The fourth-order valence-corrected chi connectivity index (χ4v) is 5.71. The monoisotopic (exact) mass is 607 g/mol. The number of guanidine groups is 1. The van der Waals surface area contributed by atoms with Crippen LogP contribution in [-0.2, 0) is 33.6 Å². The molecule has 43 heavy (non-hydrogen) atoms. The molecule has 3 saturated heterocycles. The fraction of sp³-hybridized carbons (Fsp3) is 0.692. The maximum atomic E-state index is 13.9. The topological polar surface area (TPSA) is 268 Å². The lowest BCUT2D eigenvalue weighted by atomic mass is 9.85. The Bertz CT molecular complexity index is 1140. The van der Waals surface area contributed by atoms with E-state index in [-0.39, 0.29) is 43.8 Å². The van der Waals surface area contributed by atoms with E-state index in [1.807, 2.05) is 6.92 Å². The molecule has 3 fully saturated rings. The second kappa shape index (κ2) is 15.2. The number of nitrogens with one attached hydrogen (secondary N) is 5. The molecular weight excluding hydrogens is 566 g/mol. The summed E-state index contributed by atoms with van der Waals surface area (Å²) in [6, 6.07) is -5.14. The van der Waals surface area contributed by atoms with E-state index in [9.17, 15) is 38.7 Å². The van der Waals surface area contributed by atoms with Crippen LogP contribution in [0.5, 0.6) is 0 Å². The summed E-state index contributed by atoms with van der Waals surface area (Å²) in [5.41, 5.74) is 10.7. The summed E-state index contributed by atoms with van der Waals surface area (Å²) in [6.07, 6.45) is 1.69. The van der Waals surface area contributed by atoms with Crippen LogP contribution in [-0.4, -0.2) is 107 Å². The third-order valence-corrected chi connectivity index (χ3v) is 7.74. The fourth-order valence-electron chi connectivity index (χ4n) is 5.71. The molecule has 238 valence electrons. The van der Waals surface area contributed by atoms with Gasteiger partial charge in [-0.3, -0.25) is 38.6 Å². The molecule has 0 aromatic heterocycles. The number of piperidine rings is 1. The largest absolute Gasteiger partial charge is 0.481 e. The van der Waals surface area contributed by atoms with E-state index in [4.69, 9.17) is 11.5 Å². The average molecular weight is 608 g/mol. The summed E-state index contributed by atoms with van der Waals surface area (Å²) in [5, 5.41) is 22.1. The minimum absolute atomic E-state index is 0.0724. The highest BCUT2D eigenvalue weighted by molar-refractivity contribution is 5.98. The molecule has 10 N–H and O–H groups in total. The lowest BCUT2D eigenvalue weighted by Crippen LogP contribution is -2.65. The van der Waals surface area contributed by atoms with Crippen LogP contribution in [0.25, 0.3) is 0 Å². The second-order valence-corrected chi connectivity index (χ2v) is 11.0. The van der Waals surface area contributed by atoms with Crippen molar-refractivity contribution >= 4 is 47.4 Å². The summed E-state index contributed by atoms with van der Waals surface area (Å²) in [6.45, 7) is 1.50. The molecule has 17 nitrogen and oxygen atoms in total. The Morgan fingerprint density at radius 3 is 2.44 bits per heavy atom. The maximum Gasteiger partial charge on any atom is 0.305 e. The van der Waals surface area contributed by atoms with E-state index >= 15 is 0 Å². The van der Waals surface area contributed by atoms with Crippen LogP contribution < -0.4 is 38.1 Å². The molecule has 0 radical (unpaired) electrons. The summed E-state index contributed by atoms with van der Waals surface area (Å²) in [4.78, 5) is 95.3. The number of aliphatic carboxylic acids is 1. The van der Waals surface area contributed by atoms with Crippen LogP contribution in [0, 0.1) is 5.92 Å². The molecule has 0 saturated carbocycles. The predicted octanol–water partition coefficient (Wildman–Crippen LogP) is -3.61. The average Bonchev–Trinajstić information content (AvgIpc) is 3.37. The molecular formula is C26H41N9O8. The zero-order chi connectivity index (χ0) is 31.7. The first kappa shape index (κ1) is 33.1. The minimum Gasteiger partial charge on any atom is -0.481 e. The number of hydrogen-bond acceptors (Lipinski definition) is 8. The number of amides is 6. The molecule has 6 atom stereocenters. The van der Waals surface area contributed by atoms with E-state index in [0.717, 1.165) is 0 Å². The number of carbonyl (C=O) groups is 7. The van der Waals surface area contributed by atoms with Gasteiger partial charge in [-0.15, -0.1) is 0 Å². The second-order valence-electron chi connectivity index (χ2n) is 11.0. The maximum absolute atomic E-state index is 13.9. The molecule has 3 heterocycles. The number of hydrogen-bond donors (Lipinski definition) is 8. The van der Waals surface area contributed by atoms with Gasteiger partial charge in [-0.2, -0.15) is 0 Å². The predicted molar refractivity (Wildman–Crippen MR) is 151 cm³/mol. The highest BCUT2D eigenvalue weighted by Gasteiger charge is 2.50.